The maximum absolute atomic E-state index is 10.1. The van der Waals surface area contributed by atoms with Gasteiger partial charge in [-0.3, -0.25) is 0 Å². The van der Waals surface area contributed by atoms with E-state index < -0.39 is 0 Å². The Hall–Kier alpha value is -1.66. The molecule has 0 bridgehead atoms. The maximum Gasteiger partial charge on any atom is 0.139 e. The summed E-state index contributed by atoms with van der Waals surface area (Å²) in [5, 5.41) is 13.5. The number of aliphatic hydroxyl groups is 1. The van der Waals surface area contributed by atoms with Gasteiger partial charge in [0.1, 0.15) is 11.6 Å². The van der Waals surface area contributed by atoms with E-state index in [0.29, 0.717) is 23.5 Å². The van der Waals surface area contributed by atoms with Crippen molar-refractivity contribution in [3.63, 3.8) is 0 Å². The lowest BCUT2D eigenvalue weighted by molar-refractivity contribution is 0.0654. The summed E-state index contributed by atoms with van der Waals surface area (Å²) < 4.78 is 5.74. The summed E-state index contributed by atoms with van der Waals surface area (Å²) in [7, 11) is 0. The zero-order valence-corrected chi connectivity index (χ0v) is 15.1. The molecule has 25 heavy (non-hydrogen) atoms. The molecule has 1 heterocycles. The molecule has 2 aliphatic carbocycles. The van der Waals surface area contributed by atoms with E-state index in [9.17, 15) is 5.11 Å². The predicted octanol–water partition coefficient (Wildman–Crippen LogP) is 2.48. The molecule has 2 fully saturated rings. The second-order valence-electron chi connectivity index (χ2n) is 7.28. The van der Waals surface area contributed by atoms with Gasteiger partial charge in [0.2, 0.25) is 0 Å². The lowest BCUT2D eigenvalue weighted by Gasteiger charge is -2.20. The second kappa shape index (κ2) is 8.15. The van der Waals surface area contributed by atoms with Crippen LogP contribution in [0.5, 0.6) is 0 Å². The molecule has 138 valence electrons. The number of ether oxygens (including phenoxy) is 1. The van der Waals surface area contributed by atoms with E-state index in [-0.39, 0.29) is 12.1 Å². The van der Waals surface area contributed by atoms with E-state index >= 15 is 0 Å². The number of aromatic nitrogens is 2. The Bertz CT molecular complexity index is 607. The number of anilines is 1. The monoisotopic (exact) mass is 346 g/mol. The van der Waals surface area contributed by atoms with Gasteiger partial charge in [-0.2, -0.15) is 0 Å². The molecule has 0 radical (unpaired) electrons. The van der Waals surface area contributed by atoms with Crippen molar-refractivity contribution >= 4 is 11.5 Å². The van der Waals surface area contributed by atoms with Gasteiger partial charge in [0, 0.05) is 24.9 Å². The number of aliphatic hydroxyl groups excluding tert-OH is 1. The Labute approximate surface area is 149 Å². The van der Waals surface area contributed by atoms with Crippen molar-refractivity contribution in [2.45, 2.75) is 70.1 Å². The molecule has 1 aromatic heterocycles. The summed E-state index contributed by atoms with van der Waals surface area (Å²) >= 11 is 0. The number of rotatable bonds is 7. The fraction of sp³-hybridized carbons (Fsp3) is 0.684. The first-order valence-electron chi connectivity index (χ1n) is 9.43. The quantitative estimate of drug-likeness (QED) is 0.702. The number of hydrogen-bond donors (Lipinski definition) is 3. The molecular weight excluding hydrogens is 316 g/mol. The Balaban J connectivity index is 1.70. The van der Waals surface area contributed by atoms with Gasteiger partial charge in [-0.1, -0.05) is 6.58 Å². The van der Waals surface area contributed by atoms with Gasteiger partial charge in [0.25, 0.3) is 0 Å². The van der Waals surface area contributed by atoms with Crippen LogP contribution in [-0.4, -0.2) is 39.9 Å². The highest BCUT2D eigenvalue weighted by Crippen LogP contribution is 2.31. The van der Waals surface area contributed by atoms with Gasteiger partial charge in [-0.15, -0.1) is 0 Å². The fourth-order valence-corrected chi connectivity index (χ4v) is 4.01. The molecule has 0 spiro atoms. The minimum atomic E-state index is -0.334. The number of nitrogens with zero attached hydrogens (tertiary/aromatic N) is 2. The molecule has 0 aromatic carbocycles. The molecule has 0 amide bonds. The van der Waals surface area contributed by atoms with Crippen molar-refractivity contribution in [2.75, 3.05) is 11.9 Å². The lowest BCUT2D eigenvalue weighted by Crippen LogP contribution is -2.29. The third-order valence-electron chi connectivity index (χ3n) is 5.35. The van der Waals surface area contributed by atoms with Crippen LogP contribution in [0.25, 0.3) is 5.70 Å². The highest BCUT2D eigenvalue weighted by atomic mass is 16.5. The minimum absolute atomic E-state index is 0.0228. The summed E-state index contributed by atoms with van der Waals surface area (Å²) in [5.74, 6) is 2.08. The van der Waals surface area contributed by atoms with Crippen LogP contribution in [-0.2, 0) is 11.2 Å². The Morgan fingerprint density at radius 2 is 2.24 bits per heavy atom. The Morgan fingerprint density at radius 3 is 2.92 bits per heavy atom. The normalized spacial score (nSPS) is 29.0. The van der Waals surface area contributed by atoms with E-state index in [1.807, 2.05) is 6.92 Å². The topological polar surface area (TPSA) is 93.3 Å². The molecule has 2 saturated carbocycles. The Morgan fingerprint density at radius 1 is 1.40 bits per heavy atom. The van der Waals surface area contributed by atoms with Crippen LogP contribution >= 0.6 is 0 Å². The van der Waals surface area contributed by atoms with Crippen molar-refractivity contribution in [1.82, 2.24) is 9.97 Å². The summed E-state index contributed by atoms with van der Waals surface area (Å²) in [6.45, 7) is 6.64. The maximum atomic E-state index is 10.1. The second-order valence-corrected chi connectivity index (χ2v) is 7.28. The largest absolute Gasteiger partial charge is 0.399 e. The molecule has 4 N–H and O–H groups in total. The molecule has 0 aliphatic heterocycles. The zero-order valence-electron chi connectivity index (χ0n) is 15.1. The van der Waals surface area contributed by atoms with Crippen LogP contribution in [0.3, 0.4) is 0 Å². The highest BCUT2D eigenvalue weighted by molar-refractivity contribution is 5.70. The van der Waals surface area contributed by atoms with E-state index in [1.165, 1.54) is 0 Å². The third-order valence-corrected chi connectivity index (χ3v) is 5.35. The average Bonchev–Trinajstić information content (AvgIpc) is 3.17. The first-order chi connectivity index (χ1) is 12.1. The van der Waals surface area contributed by atoms with Crippen LogP contribution in [0.2, 0.25) is 0 Å². The van der Waals surface area contributed by atoms with Crippen molar-refractivity contribution in [1.29, 1.82) is 0 Å². The standard InChI is InChI=1S/C19H30N4O2/c1-3-25-14-8-7-13(9-14)10-18-21-11-15(12(2)20)19(23-18)22-16-5-4-6-17(16)24/h11,13-14,16-17,24H,2-10,20H2,1H3,(H,21,22,23)/t13-,14-,16-,17-/m0/s1. The van der Waals surface area contributed by atoms with Gasteiger partial charge in [0.15, 0.2) is 0 Å². The molecule has 6 nitrogen and oxygen atoms in total. The van der Waals surface area contributed by atoms with Crippen molar-refractivity contribution in [3.8, 4) is 0 Å². The van der Waals surface area contributed by atoms with Gasteiger partial charge in [-0.05, 0) is 51.4 Å². The molecule has 0 unspecified atom stereocenters. The summed E-state index contributed by atoms with van der Waals surface area (Å²) in [4.78, 5) is 9.20. The van der Waals surface area contributed by atoms with Crippen molar-refractivity contribution in [2.24, 2.45) is 11.7 Å². The van der Waals surface area contributed by atoms with Crippen LogP contribution in [0.1, 0.15) is 56.8 Å². The minimum Gasteiger partial charge on any atom is -0.399 e. The Kier molecular flexibility index (Phi) is 5.91. The molecule has 0 saturated heterocycles. The fourth-order valence-electron chi connectivity index (χ4n) is 4.01. The van der Waals surface area contributed by atoms with Crippen LogP contribution in [0, 0.1) is 5.92 Å². The SMILES string of the molecule is C=C(N)c1cnc(C[C@H]2CC[C@H](OCC)C2)nc1N[C@H]1CCC[C@@H]1O. The lowest BCUT2D eigenvalue weighted by atomic mass is 10.0. The molecule has 4 atom stereocenters. The van der Waals surface area contributed by atoms with Crippen LogP contribution < -0.4 is 11.1 Å². The number of nitrogens with two attached hydrogens (primary N) is 1. The van der Waals surface area contributed by atoms with Crippen LogP contribution in [0.4, 0.5) is 5.82 Å². The molecule has 2 aliphatic rings. The van der Waals surface area contributed by atoms with Gasteiger partial charge < -0.3 is 20.9 Å². The van der Waals surface area contributed by atoms with Gasteiger partial charge in [-0.25, -0.2) is 9.97 Å². The first kappa shape index (κ1) is 18.1. The predicted molar refractivity (Wildman–Crippen MR) is 99.0 cm³/mol. The van der Waals surface area contributed by atoms with Crippen molar-refractivity contribution < 1.29 is 9.84 Å². The summed E-state index contributed by atoms with van der Waals surface area (Å²) in [5.41, 5.74) is 7.06. The van der Waals surface area contributed by atoms with Crippen LogP contribution in [0.15, 0.2) is 12.8 Å². The number of nitrogens with one attached hydrogen (secondary N) is 1. The smallest absolute Gasteiger partial charge is 0.139 e. The van der Waals surface area contributed by atoms with E-state index in [2.05, 4.69) is 16.9 Å². The summed E-state index contributed by atoms with van der Waals surface area (Å²) in [6.07, 6.45) is 8.79. The molecule has 6 heteroatoms. The van der Waals surface area contributed by atoms with Crippen molar-refractivity contribution in [3.05, 3.63) is 24.2 Å². The highest BCUT2D eigenvalue weighted by Gasteiger charge is 2.28. The zero-order chi connectivity index (χ0) is 17.8. The van der Waals surface area contributed by atoms with E-state index in [0.717, 1.165) is 62.9 Å². The van der Waals surface area contributed by atoms with E-state index in [1.54, 1.807) is 6.20 Å². The molecule has 3 rings (SSSR count). The van der Waals surface area contributed by atoms with Gasteiger partial charge >= 0.3 is 0 Å². The number of hydrogen-bond acceptors (Lipinski definition) is 6. The summed E-state index contributed by atoms with van der Waals surface area (Å²) in [6, 6.07) is 0.0228. The molecule has 1 aromatic rings. The molecular formula is C19H30N4O2. The average molecular weight is 346 g/mol. The van der Waals surface area contributed by atoms with E-state index in [4.69, 9.17) is 15.5 Å². The third kappa shape index (κ3) is 4.50. The first-order valence-corrected chi connectivity index (χ1v) is 9.43. The van der Waals surface area contributed by atoms with Gasteiger partial charge in [0.05, 0.1) is 23.8 Å².